The number of hydrogen-bond acceptors (Lipinski definition) is 15. The van der Waals surface area contributed by atoms with Gasteiger partial charge in [-0.05, 0) is 90.4 Å². The summed E-state index contributed by atoms with van der Waals surface area (Å²) in [5.74, 6) is -0.412. The van der Waals surface area contributed by atoms with Crippen LogP contribution >= 0.6 is 0 Å². The van der Waals surface area contributed by atoms with Crippen molar-refractivity contribution in [3.05, 3.63) is 60.7 Å². The lowest BCUT2D eigenvalue weighted by Crippen LogP contribution is -2.46. The number of anilines is 1. The summed E-state index contributed by atoms with van der Waals surface area (Å²) in [4.78, 5) is 85.1. The normalized spacial score (nSPS) is 18.6. The van der Waals surface area contributed by atoms with E-state index >= 15 is 0 Å². The van der Waals surface area contributed by atoms with Crippen molar-refractivity contribution in [3.63, 3.8) is 0 Å². The zero-order chi connectivity index (χ0) is 52.9. The molecule has 1 saturated carbocycles. The third-order valence-corrected chi connectivity index (χ3v) is 12.0. The fourth-order valence-corrected chi connectivity index (χ4v) is 7.78. The number of nitrogens with one attached hydrogen (secondary N) is 4. The minimum atomic E-state index is -4.45. The van der Waals surface area contributed by atoms with Gasteiger partial charge in [0.25, 0.3) is 0 Å². The number of primary amides is 1. The number of benzene rings is 1. The fraction of sp³-hybridized carbons (Fsp3) is 0.612. The molecule has 6 rings (SSSR count). The molecule has 0 radical (unpaired) electrons. The average Bonchev–Trinajstić information content (AvgIpc) is 3.91. The molecule has 72 heavy (non-hydrogen) atoms. The van der Waals surface area contributed by atoms with E-state index in [2.05, 4.69) is 62.0 Å². The molecule has 2 aromatic heterocycles. The maximum Gasteiger partial charge on any atom is 0.416 e. The highest BCUT2D eigenvalue weighted by molar-refractivity contribution is 5.93. The van der Waals surface area contributed by atoms with Gasteiger partial charge in [-0.15, -0.1) is 0 Å². The number of alkyl halides is 3. The molecule has 20 nitrogen and oxygen atoms in total. The number of amides is 5. The number of aromatic nitrogens is 3. The fourth-order valence-electron chi connectivity index (χ4n) is 7.78. The molecule has 2 unspecified atom stereocenters. The summed E-state index contributed by atoms with van der Waals surface area (Å²) in [6.45, 7) is 8.58. The molecule has 23 heteroatoms. The van der Waals surface area contributed by atoms with E-state index in [1.807, 2.05) is 23.1 Å². The molecule has 2 atom stereocenters. The number of nitrogens with zero attached hydrogens (tertiary/aromatic N) is 6. The first-order valence-corrected chi connectivity index (χ1v) is 24.3. The maximum absolute atomic E-state index is 13.2. The SMILES string of the molecule is CC(C)N(C)C1CCC(N2CCC(Nc3ncnc4ccc(C(F)(F)F)cc34)C2=O)CC1.CN1CC(C=O)CC1=O.CNCCC(=O)NCCOCC(=O)NCCOCCOCCC(N)=O.c1ccncc1. The van der Waals surface area contributed by atoms with Gasteiger partial charge in [-0.2, -0.15) is 13.2 Å². The molecule has 0 bridgehead atoms. The number of pyridine rings is 1. The van der Waals surface area contributed by atoms with Crippen LogP contribution in [-0.2, 0) is 49.2 Å². The average molecular weight is 1020 g/mol. The van der Waals surface area contributed by atoms with Crippen LogP contribution in [0.5, 0.6) is 0 Å². The lowest BCUT2D eigenvalue weighted by Gasteiger charge is -2.39. The van der Waals surface area contributed by atoms with Crippen LogP contribution < -0.4 is 27.0 Å². The number of carbonyl (C=O) groups excluding carboxylic acids is 6. The molecule has 0 spiro atoms. The van der Waals surface area contributed by atoms with Crippen molar-refractivity contribution in [1.82, 2.24) is 45.6 Å². The first-order chi connectivity index (χ1) is 34.4. The lowest BCUT2D eigenvalue weighted by molar-refractivity contribution is -0.137. The highest BCUT2D eigenvalue weighted by atomic mass is 19.4. The predicted octanol–water partition coefficient (Wildman–Crippen LogP) is 2.81. The summed E-state index contributed by atoms with van der Waals surface area (Å²) in [6, 6.07) is 9.89. The number of carbonyl (C=O) groups is 6. The Kier molecular flexibility index (Phi) is 27.7. The summed E-state index contributed by atoms with van der Waals surface area (Å²) >= 11 is 0. The minimum absolute atomic E-state index is 0.00408. The standard InChI is InChI=1S/C23H30F3N5O.C15H30N4O6.C6H9NO2.C5H5N/c1-14(2)30(3)16-5-7-17(8-6-16)31-11-10-20(22(31)32)29-21-18-12-15(23(24,25)26)4-9-19(18)27-13-28-21;1-17-4-2-14(21)18-6-9-25-12-15(22)19-5-8-24-11-10-23-7-3-13(16)20;1-7-3-5(4-8)2-6(7)9;1-2-4-6-5-3-1/h4,9,12-14,16-17,20H,5-8,10-11H2,1-3H3,(H,27,28,29);17H,2-12H2,1H3,(H2,16,20)(H,18,21)(H,19,22);4-5H,2-3H2,1H3;1-5H. The Labute approximate surface area is 420 Å². The summed E-state index contributed by atoms with van der Waals surface area (Å²) in [5.41, 5.74) is 4.61. The van der Waals surface area contributed by atoms with E-state index in [0.29, 0.717) is 89.4 Å². The third kappa shape index (κ3) is 22.7. The van der Waals surface area contributed by atoms with Crippen LogP contribution in [-0.4, -0.2) is 183 Å². The molecule has 3 fully saturated rings. The number of hydrogen-bond donors (Lipinski definition) is 5. The molecule has 1 aromatic carbocycles. The van der Waals surface area contributed by atoms with Crippen molar-refractivity contribution in [3.8, 4) is 0 Å². The van der Waals surface area contributed by atoms with Crippen molar-refractivity contribution in [2.24, 2.45) is 11.7 Å². The number of rotatable bonds is 23. The Balaban J connectivity index is 0.000000300. The zero-order valence-corrected chi connectivity index (χ0v) is 42.2. The first-order valence-electron chi connectivity index (χ1n) is 24.3. The second kappa shape index (κ2) is 33.0. The van der Waals surface area contributed by atoms with Gasteiger partial charge in [0.05, 0.1) is 44.1 Å². The summed E-state index contributed by atoms with van der Waals surface area (Å²) in [7, 11) is 5.65. The lowest BCUT2D eigenvalue weighted by atomic mass is 9.89. The Morgan fingerprint density at radius 2 is 1.56 bits per heavy atom. The van der Waals surface area contributed by atoms with Crippen LogP contribution in [0, 0.1) is 5.92 Å². The van der Waals surface area contributed by atoms with Gasteiger partial charge in [0.1, 0.15) is 31.1 Å². The quantitative estimate of drug-likeness (QED) is 0.0677. The van der Waals surface area contributed by atoms with Gasteiger partial charge in [0.15, 0.2) is 0 Å². The molecule has 5 amide bonds. The van der Waals surface area contributed by atoms with Crippen LogP contribution in [0.2, 0.25) is 0 Å². The van der Waals surface area contributed by atoms with Crippen molar-refractivity contribution < 1.29 is 56.1 Å². The summed E-state index contributed by atoms with van der Waals surface area (Å²) in [5, 5.41) is 11.6. The van der Waals surface area contributed by atoms with Crippen LogP contribution in [0.1, 0.15) is 70.8 Å². The van der Waals surface area contributed by atoms with E-state index in [1.165, 1.54) is 12.4 Å². The van der Waals surface area contributed by atoms with Gasteiger partial charge < -0.3 is 60.7 Å². The molecule has 2 aliphatic heterocycles. The summed E-state index contributed by atoms with van der Waals surface area (Å²) < 4.78 is 55.0. The van der Waals surface area contributed by atoms with Gasteiger partial charge in [-0.3, -0.25) is 29.0 Å². The number of likely N-dealkylation sites (tertiary alicyclic amines) is 2. The molecule has 3 aliphatic rings. The van der Waals surface area contributed by atoms with Gasteiger partial charge in [0.2, 0.25) is 29.5 Å². The molecule has 2 saturated heterocycles. The van der Waals surface area contributed by atoms with Gasteiger partial charge in [-0.25, -0.2) is 9.97 Å². The van der Waals surface area contributed by atoms with Crippen LogP contribution in [0.15, 0.2) is 55.1 Å². The van der Waals surface area contributed by atoms with E-state index < -0.39 is 23.7 Å². The highest BCUT2D eigenvalue weighted by Crippen LogP contribution is 2.34. The Hall–Kier alpha value is -5.88. The molecular formula is C49H74F3N11O9. The van der Waals surface area contributed by atoms with Crippen molar-refractivity contribution in [2.45, 2.75) is 95.6 Å². The van der Waals surface area contributed by atoms with E-state index in [4.69, 9.17) is 19.9 Å². The van der Waals surface area contributed by atoms with Gasteiger partial charge in [-0.1, -0.05) is 6.07 Å². The Morgan fingerprint density at radius 1 is 0.889 bits per heavy atom. The Morgan fingerprint density at radius 3 is 2.11 bits per heavy atom. The van der Waals surface area contributed by atoms with E-state index in [1.54, 1.807) is 31.4 Å². The van der Waals surface area contributed by atoms with Crippen molar-refractivity contribution >= 4 is 52.5 Å². The smallest absolute Gasteiger partial charge is 0.379 e. The number of halogens is 3. The summed E-state index contributed by atoms with van der Waals surface area (Å²) in [6.07, 6.45) is 6.90. The molecule has 6 N–H and O–H groups in total. The van der Waals surface area contributed by atoms with Crippen molar-refractivity contribution in [2.75, 3.05) is 98.8 Å². The molecule has 1 aliphatic carbocycles. The van der Waals surface area contributed by atoms with E-state index in [0.717, 1.165) is 44.1 Å². The number of nitrogens with two attached hydrogens (primary N) is 1. The van der Waals surface area contributed by atoms with Crippen LogP contribution in [0.4, 0.5) is 19.0 Å². The second-order valence-corrected chi connectivity index (χ2v) is 17.6. The molecule has 4 heterocycles. The van der Waals surface area contributed by atoms with Crippen LogP contribution in [0.25, 0.3) is 10.9 Å². The Bertz CT molecular complexity index is 2070. The monoisotopic (exact) mass is 1020 g/mol. The molecular weight excluding hydrogens is 944 g/mol. The van der Waals surface area contributed by atoms with E-state index in [9.17, 15) is 41.9 Å². The first kappa shape index (κ1) is 60.4. The predicted molar refractivity (Wildman–Crippen MR) is 264 cm³/mol. The maximum atomic E-state index is 13.2. The minimum Gasteiger partial charge on any atom is -0.379 e. The van der Waals surface area contributed by atoms with E-state index in [-0.39, 0.29) is 73.0 Å². The number of fused-ring (bicyclic) bond motifs is 1. The van der Waals surface area contributed by atoms with Gasteiger partial charge >= 0.3 is 6.18 Å². The number of ether oxygens (including phenoxy) is 3. The van der Waals surface area contributed by atoms with Crippen LogP contribution in [0.3, 0.4) is 0 Å². The number of aldehydes is 1. The highest BCUT2D eigenvalue weighted by Gasteiger charge is 2.39. The third-order valence-electron chi connectivity index (χ3n) is 12.0. The molecule has 400 valence electrons. The van der Waals surface area contributed by atoms with Gasteiger partial charge in [0, 0.05) is 101 Å². The molecule has 3 aromatic rings. The van der Waals surface area contributed by atoms with Crippen molar-refractivity contribution in [1.29, 1.82) is 0 Å². The zero-order valence-electron chi connectivity index (χ0n) is 42.2. The second-order valence-electron chi connectivity index (χ2n) is 17.6. The topological polar surface area (TPSA) is 253 Å². The largest absolute Gasteiger partial charge is 0.416 e.